The number of nitrogens with one attached hydrogen (secondary N) is 2. The molecule has 0 aliphatic carbocycles. The number of hydrogen-bond acceptors (Lipinski definition) is 5. The summed E-state index contributed by atoms with van der Waals surface area (Å²) in [6.07, 6.45) is 0.541. The highest BCUT2D eigenvalue weighted by molar-refractivity contribution is 7.15. The number of fused-ring (bicyclic) bond motifs is 1. The average molecular weight is 434 g/mol. The van der Waals surface area contributed by atoms with Crippen LogP contribution in [0.1, 0.15) is 22.4 Å². The first-order chi connectivity index (χ1) is 14.9. The van der Waals surface area contributed by atoms with Gasteiger partial charge in [0.2, 0.25) is 4.96 Å². The number of rotatable bonds is 5. The summed E-state index contributed by atoms with van der Waals surface area (Å²) in [7, 11) is 0. The maximum atomic E-state index is 12.2. The largest absolute Gasteiger partial charge is 0.347 e. The van der Waals surface area contributed by atoms with Crippen molar-refractivity contribution in [3.8, 4) is 11.4 Å². The quantitative estimate of drug-likeness (QED) is 0.470. The van der Waals surface area contributed by atoms with Gasteiger partial charge in [0.15, 0.2) is 5.82 Å². The molecular formula is C23H23N5O2S. The molecule has 0 aliphatic heterocycles. The van der Waals surface area contributed by atoms with Crippen LogP contribution in [0.3, 0.4) is 0 Å². The van der Waals surface area contributed by atoms with Crippen molar-refractivity contribution in [1.82, 2.24) is 19.9 Å². The third-order valence-corrected chi connectivity index (χ3v) is 5.90. The van der Waals surface area contributed by atoms with Crippen LogP contribution in [0.15, 0.2) is 47.8 Å². The van der Waals surface area contributed by atoms with E-state index in [9.17, 15) is 9.59 Å². The van der Waals surface area contributed by atoms with E-state index in [1.54, 1.807) is 10.6 Å². The van der Waals surface area contributed by atoms with E-state index < -0.39 is 11.8 Å². The van der Waals surface area contributed by atoms with Crippen LogP contribution < -0.4 is 10.6 Å². The maximum absolute atomic E-state index is 12.2. The van der Waals surface area contributed by atoms with Gasteiger partial charge < -0.3 is 10.6 Å². The van der Waals surface area contributed by atoms with E-state index >= 15 is 0 Å². The molecule has 0 fully saturated rings. The number of carbonyl (C=O) groups is 2. The summed E-state index contributed by atoms with van der Waals surface area (Å²) in [5.41, 5.74) is 5.70. The number of benzene rings is 2. The third kappa shape index (κ3) is 4.49. The Bertz CT molecular complexity index is 1270. The van der Waals surface area contributed by atoms with Crippen LogP contribution in [0.4, 0.5) is 5.69 Å². The van der Waals surface area contributed by atoms with Crippen molar-refractivity contribution in [2.75, 3.05) is 11.9 Å². The monoisotopic (exact) mass is 433 g/mol. The van der Waals surface area contributed by atoms with Gasteiger partial charge in [-0.2, -0.15) is 4.98 Å². The van der Waals surface area contributed by atoms with Crippen molar-refractivity contribution >= 4 is 33.8 Å². The molecule has 0 radical (unpaired) electrons. The van der Waals surface area contributed by atoms with E-state index in [1.807, 2.05) is 62.5 Å². The molecule has 0 spiro atoms. The van der Waals surface area contributed by atoms with E-state index in [4.69, 9.17) is 0 Å². The number of thiazole rings is 1. The van der Waals surface area contributed by atoms with Crippen molar-refractivity contribution in [3.05, 3.63) is 70.2 Å². The second-order valence-electron chi connectivity index (χ2n) is 7.45. The molecule has 2 aromatic heterocycles. The van der Waals surface area contributed by atoms with Crippen LogP contribution in [0.25, 0.3) is 16.3 Å². The molecule has 7 nitrogen and oxygen atoms in total. The van der Waals surface area contributed by atoms with Gasteiger partial charge in [-0.1, -0.05) is 42.0 Å². The lowest BCUT2D eigenvalue weighted by molar-refractivity contribution is -0.136. The minimum atomic E-state index is -0.676. The Morgan fingerprint density at radius 1 is 1.03 bits per heavy atom. The molecule has 2 heterocycles. The molecule has 0 aliphatic rings. The Balaban J connectivity index is 1.37. The summed E-state index contributed by atoms with van der Waals surface area (Å²) >= 11 is 1.50. The van der Waals surface area contributed by atoms with Crippen LogP contribution in [0.5, 0.6) is 0 Å². The summed E-state index contributed by atoms with van der Waals surface area (Å²) < 4.78 is 1.80. The van der Waals surface area contributed by atoms with Crippen LogP contribution in [-0.4, -0.2) is 33.0 Å². The first-order valence-corrected chi connectivity index (χ1v) is 10.9. The molecule has 0 bridgehead atoms. The molecule has 158 valence electrons. The molecular weight excluding hydrogens is 410 g/mol. The Labute approximate surface area is 184 Å². The van der Waals surface area contributed by atoms with E-state index in [1.165, 1.54) is 11.3 Å². The van der Waals surface area contributed by atoms with Gasteiger partial charge in [0, 0.05) is 29.6 Å². The van der Waals surface area contributed by atoms with Gasteiger partial charge >= 0.3 is 11.8 Å². The summed E-state index contributed by atoms with van der Waals surface area (Å²) in [4.78, 5) is 29.8. The zero-order valence-electron chi connectivity index (χ0n) is 17.6. The first-order valence-electron chi connectivity index (χ1n) is 9.98. The molecule has 8 heteroatoms. The summed E-state index contributed by atoms with van der Waals surface area (Å²) in [6, 6.07) is 13.6. The standard InChI is InChI=1S/C23H23N5O2S/c1-14-8-9-19(16(3)12-14)25-22(30)21(29)24-11-10-17-13-31-23-26-20(27-28(17)23)18-7-5-4-6-15(18)2/h4-9,12-13H,10-11H2,1-3H3,(H,24,29)(H,25,30). The van der Waals surface area contributed by atoms with E-state index in [0.717, 1.165) is 32.9 Å². The summed E-state index contributed by atoms with van der Waals surface area (Å²) in [5.74, 6) is -0.654. The van der Waals surface area contributed by atoms with Crippen molar-refractivity contribution in [2.24, 2.45) is 0 Å². The highest BCUT2D eigenvalue weighted by atomic mass is 32.1. The minimum absolute atomic E-state index is 0.324. The normalized spacial score (nSPS) is 10.9. The number of nitrogens with zero attached hydrogens (tertiary/aromatic N) is 3. The van der Waals surface area contributed by atoms with Crippen molar-refractivity contribution in [1.29, 1.82) is 0 Å². The van der Waals surface area contributed by atoms with Crippen LogP contribution in [0, 0.1) is 20.8 Å². The second-order valence-corrected chi connectivity index (χ2v) is 8.29. The predicted octanol–water partition coefficient (Wildman–Crippen LogP) is 3.68. The number of aromatic nitrogens is 3. The molecule has 0 atom stereocenters. The van der Waals surface area contributed by atoms with Gasteiger partial charge in [0.05, 0.1) is 5.69 Å². The van der Waals surface area contributed by atoms with E-state index in [2.05, 4.69) is 20.7 Å². The van der Waals surface area contributed by atoms with Gasteiger partial charge in [-0.15, -0.1) is 16.4 Å². The van der Waals surface area contributed by atoms with Gasteiger partial charge in [0.25, 0.3) is 0 Å². The molecule has 31 heavy (non-hydrogen) atoms. The van der Waals surface area contributed by atoms with Gasteiger partial charge in [-0.05, 0) is 38.0 Å². The van der Waals surface area contributed by atoms with Crippen molar-refractivity contribution in [3.63, 3.8) is 0 Å². The Hall–Kier alpha value is -3.52. The number of amides is 2. The average Bonchev–Trinajstić information content (AvgIpc) is 3.32. The molecule has 2 amide bonds. The predicted molar refractivity (Wildman–Crippen MR) is 122 cm³/mol. The molecule has 0 unspecified atom stereocenters. The highest BCUT2D eigenvalue weighted by Crippen LogP contribution is 2.23. The fourth-order valence-electron chi connectivity index (χ4n) is 3.35. The van der Waals surface area contributed by atoms with E-state index in [0.29, 0.717) is 24.5 Å². The fraction of sp³-hybridized carbons (Fsp3) is 0.217. The molecule has 0 saturated carbocycles. The van der Waals surface area contributed by atoms with Crippen molar-refractivity contribution in [2.45, 2.75) is 27.2 Å². The SMILES string of the molecule is Cc1ccc(NC(=O)C(=O)NCCc2csc3nc(-c4ccccc4C)nn23)c(C)c1. The maximum Gasteiger partial charge on any atom is 0.313 e. The first kappa shape index (κ1) is 20.7. The van der Waals surface area contributed by atoms with Crippen LogP contribution >= 0.6 is 11.3 Å². The summed E-state index contributed by atoms with van der Waals surface area (Å²) in [6.45, 7) is 6.23. The third-order valence-electron chi connectivity index (χ3n) is 5.04. The second kappa shape index (κ2) is 8.69. The highest BCUT2D eigenvalue weighted by Gasteiger charge is 2.16. The number of aryl methyl sites for hydroxylation is 3. The molecule has 2 N–H and O–H groups in total. The number of hydrogen-bond donors (Lipinski definition) is 2. The number of carbonyl (C=O) groups excluding carboxylic acids is 2. The van der Waals surface area contributed by atoms with Crippen LogP contribution in [-0.2, 0) is 16.0 Å². The molecule has 0 saturated heterocycles. The van der Waals surface area contributed by atoms with Crippen molar-refractivity contribution < 1.29 is 9.59 Å². The lowest BCUT2D eigenvalue weighted by atomic mass is 10.1. The smallest absolute Gasteiger partial charge is 0.313 e. The van der Waals surface area contributed by atoms with Gasteiger partial charge in [-0.25, -0.2) is 4.52 Å². The minimum Gasteiger partial charge on any atom is -0.347 e. The number of anilines is 1. The Kier molecular flexibility index (Phi) is 5.81. The van der Waals surface area contributed by atoms with E-state index in [-0.39, 0.29) is 0 Å². The zero-order chi connectivity index (χ0) is 22.0. The Morgan fingerprint density at radius 3 is 2.61 bits per heavy atom. The molecule has 2 aromatic carbocycles. The Morgan fingerprint density at radius 2 is 1.84 bits per heavy atom. The lowest BCUT2D eigenvalue weighted by Crippen LogP contribution is -2.36. The zero-order valence-corrected chi connectivity index (χ0v) is 18.4. The topological polar surface area (TPSA) is 88.4 Å². The fourth-order valence-corrected chi connectivity index (χ4v) is 4.21. The molecule has 4 aromatic rings. The molecule has 4 rings (SSSR count). The van der Waals surface area contributed by atoms with Gasteiger partial charge in [0.1, 0.15) is 0 Å². The van der Waals surface area contributed by atoms with Gasteiger partial charge in [-0.3, -0.25) is 9.59 Å². The summed E-state index contributed by atoms with van der Waals surface area (Å²) in [5, 5.41) is 11.9. The lowest BCUT2D eigenvalue weighted by Gasteiger charge is -2.09. The van der Waals surface area contributed by atoms with Crippen LogP contribution in [0.2, 0.25) is 0 Å².